The molecule has 0 bridgehead atoms. The minimum atomic E-state index is 0.354. The molecule has 0 aliphatic heterocycles. The maximum atomic E-state index is 4.34. The van der Waals surface area contributed by atoms with Gasteiger partial charge in [-0.15, -0.1) is 0 Å². The lowest BCUT2D eigenvalue weighted by Crippen LogP contribution is -2.38. The van der Waals surface area contributed by atoms with Gasteiger partial charge < -0.3 is 0 Å². The normalized spacial score (nSPS) is 35.7. The quantitative estimate of drug-likeness (QED) is 0.416. The van der Waals surface area contributed by atoms with E-state index in [9.17, 15) is 0 Å². The van der Waals surface area contributed by atoms with Gasteiger partial charge in [0, 0.05) is 0 Å². The SMILES string of the molecule is C=C/C=C1/CCCC2CCC(CC(=C)CC)C2(C)CC1(C)CCC.CC. The van der Waals surface area contributed by atoms with E-state index in [-0.39, 0.29) is 0 Å². The van der Waals surface area contributed by atoms with Crippen LogP contribution in [0, 0.1) is 22.7 Å². The van der Waals surface area contributed by atoms with Crippen LogP contribution in [0.25, 0.3) is 0 Å². The molecule has 0 nitrogen and oxygen atoms in total. The van der Waals surface area contributed by atoms with Crippen molar-refractivity contribution in [3.63, 3.8) is 0 Å². The van der Waals surface area contributed by atoms with Crippen LogP contribution in [0.15, 0.2) is 36.5 Å². The average Bonchev–Trinajstić information content (AvgIpc) is 2.90. The van der Waals surface area contributed by atoms with Gasteiger partial charge in [-0.2, -0.15) is 0 Å². The second-order valence-corrected chi connectivity index (χ2v) is 9.09. The Hall–Kier alpha value is -0.780. The summed E-state index contributed by atoms with van der Waals surface area (Å²) >= 11 is 0. The Balaban J connectivity index is 0.00000163. The molecular weight excluding hydrogens is 312 g/mol. The maximum Gasteiger partial charge on any atom is -0.0108 e. The molecule has 2 saturated carbocycles. The van der Waals surface area contributed by atoms with Gasteiger partial charge in [-0.3, -0.25) is 0 Å². The van der Waals surface area contributed by atoms with Crippen molar-refractivity contribution in [2.24, 2.45) is 22.7 Å². The summed E-state index contributed by atoms with van der Waals surface area (Å²) in [5.41, 5.74) is 3.97. The third kappa shape index (κ3) is 5.14. The Morgan fingerprint density at radius 2 is 1.85 bits per heavy atom. The Bertz CT molecular complexity index is 482. The highest BCUT2D eigenvalue weighted by molar-refractivity contribution is 5.21. The van der Waals surface area contributed by atoms with Crippen molar-refractivity contribution in [1.29, 1.82) is 0 Å². The molecule has 2 aliphatic rings. The Labute approximate surface area is 165 Å². The molecule has 0 aromatic heterocycles. The molecule has 150 valence electrons. The first-order chi connectivity index (χ1) is 12.4. The van der Waals surface area contributed by atoms with Gasteiger partial charge in [-0.1, -0.05) is 84.4 Å². The zero-order chi connectivity index (χ0) is 19.8. The van der Waals surface area contributed by atoms with Crippen LogP contribution in [0.2, 0.25) is 0 Å². The van der Waals surface area contributed by atoms with Crippen LogP contribution in [-0.4, -0.2) is 0 Å². The van der Waals surface area contributed by atoms with Gasteiger partial charge >= 0.3 is 0 Å². The van der Waals surface area contributed by atoms with Gasteiger partial charge in [0.05, 0.1) is 0 Å². The molecule has 4 atom stereocenters. The lowest BCUT2D eigenvalue weighted by Gasteiger charge is -2.48. The van der Waals surface area contributed by atoms with E-state index in [0.717, 1.165) is 18.3 Å². The fraction of sp³-hybridized carbons (Fsp3) is 0.769. The van der Waals surface area contributed by atoms with Crippen molar-refractivity contribution >= 4 is 0 Å². The van der Waals surface area contributed by atoms with E-state index in [2.05, 4.69) is 46.9 Å². The first-order valence-corrected chi connectivity index (χ1v) is 11.4. The fourth-order valence-corrected chi connectivity index (χ4v) is 6.01. The molecule has 26 heavy (non-hydrogen) atoms. The van der Waals surface area contributed by atoms with E-state index < -0.39 is 0 Å². The number of hydrogen-bond donors (Lipinski definition) is 0. The van der Waals surface area contributed by atoms with Crippen LogP contribution in [0.5, 0.6) is 0 Å². The van der Waals surface area contributed by atoms with Crippen LogP contribution in [0.4, 0.5) is 0 Å². The summed E-state index contributed by atoms with van der Waals surface area (Å²) in [6.45, 7) is 22.1. The zero-order valence-corrected chi connectivity index (χ0v) is 18.8. The molecule has 2 aliphatic carbocycles. The molecule has 0 N–H and O–H groups in total. The molecule has 0 heterocycles. The standard InChI is InChI=1S/C24H40.C2H6/c1-7-11-20-12-10-13-21-14-15-22(17-19(4)9-3)24(21,6)18-23(20,5)16-8-2;1-2/h7,11,21-22H,1,4,8-10,12-18H2,2-3,5-6H3;1-2H3/b20-11-;. The Kier molecular flexibility index (Phi) is 9.42. The van der Waals surface area contributed by atoms with Crippen LogP contribution in [-0.2, 0) is 0 Å². The molecule has 0 radical (unpaired) electrons. The van der Waals surface area contributed by atoms with Crippen LogP contribution in [0.1, 0.15) is 106 Å². The monoisotopic (exact) mass is 358 g/mol. The molecule has 0 aromatic carbocycles. The molecule has 0 heteroatoms. The lowest BCUT2D eigenvalue weighted by molar-refractivity contribution is 0.0663. The summed E-state index contributed by atoms with van der Waals surface area (Å²) in [6, 6.07) is 0. The van der Waals surface area contributed by atoms with E-state index in [4.69, 9.17) is 0 Å². The summed E-state index contributed by atoms with van der Waals surface area (Å²) in [4.78, 5) is 0. The summed E-state index contributed by atoms with van der Waals surface area (Å²) < 4.78 is 0. The summed E-state index contributed by atoms with van der Waals surface area (Å²) in [5, 5.41) is 0. The second-order valence-electron chi connectivity index (χ2n) is 9.09. The lowest BCUT2D eigenvalue weighted by atomic mass is 9.57. The fourth-order valence-electron chi connectivity index (χ4n) is 6.01. The van der Waals surface area contributed by atoms with Gasteiger partial charge in [0.25, 0.3) is 0 Å². The molecular formula is C26H46. The highest BCUT2D eigenvalue weighted by Crippen LogP contribution is 2.60. The van der Waals surface area contributed by atoms with Crippen molar-refractivity contribution in [1.82, 2.24) is 0 Å². The van der Waals surface area contributed by atoms with E-state index in [1.165, 1.54) is 63.4 Å². The van der Waals surface area contributed by atoms with Crippen molar-refractivity contribution < 1.29 is 0 Å². The zero-order valence-electron chi connectivity index (χ0n) is 18.8. The predicted octanol–water partition coefficient (Wildman–Crippen LogP) is 8.89. The summed E-state index contributed by atoms with van der Waals surface area (Å²) in [6.07, 6.45) is 17.6. The van der Waals surface area contributed by atoms with Crippen molar-refractivity contribution in [2.45, 2.75) is 106 Å². The van der Waals surface area contributed by atoms with E-state index in [0.29, 0.717) is 10.8 Å². The van der Waals surface area contributed by atoms with Crippen molar-refractivity contribution in [3.05, 3.63) is 36.5 Å². The van der Waals surface area contributed by atoms with Crippen LogP contribution >= 0.6 is 0 Å². The molecule has 2 rings (SSSR count). The molecule has 0 amide bonds. The Morgan fingerprint density at radius 3 is 2.42 bits per heavy atom. The molecule has 4 unspecified atom stereocenters. The van der Waals surface area contributed by atoms with E-state index in [1.54, 1.807) is 5.57 Å². The van der Waals surface area contributed by atoms with Crippen molar-refractivity contribution in [3.8, 4) is 0 Å². The number of hydrogen-bond acceptors (Lipinski definition) is 0. The largest absolute Gasteiger partial charge is 0.0999 e. The third-order valence-corrected chi connectivity index (χ3v) is 7.43. The van der Waals surface area contributed by atoms with Gasteiger partial charge in [0.2, 0.25) is 0 Å². The molecule has 0 saturated heterocycles. The Morgan fingerprint density at radius 1 is 1.15 bits per heavy atom. The van der Waals surface area contributed by atoms with Crippen LogP contribution in [0.3, 0.4) is 0 Å². The minimum absolute atomic E-state index is 0.354. The second kappa shape index (κ2) is 10.5. The first-order valence-electron chi connectivity index (χ1n) is 11.4. The first kappa shape index (κ1) is 23.3. The van der Waals surface area contributed by atoms with Gasteiger partial charge in [0.1, 0.15) is 0 Å². The van der Waals surface area contributed by atoms with Gasteiger partial charge in [-0.25, -0.2) is 0 Å². The maximum absolute atomic E-state index is 4.34. The predicted molar refractivity (Wildman–Crippen MR) is 119 cm³/mol. The number of fused-ring (bicyclic) bond motifs is 1. The topological polar surface area (TPSA) is 0 Å². The molecule has 0 aromatic rings. The minimum Gasteiger partial charge on any atom is -0.0999 e. The summed E-state index contributed by atoms with van der Waals surface area (Å²) in [5.74, 6) is 1.77. The number of allylic oxidation sites excluding steroid dienone is 4. The smallest absolute Gasteiger partial charge is 0.0108 e. The third-order valence-electron chi connectivity index (χ3n) is 7.43. The van der Waals surface area contributed by atoms with E-state index >= 15 is 0 Å². The molecule has 0 spiro atoms. The highest BCUT2D eigenvalue weighted by Gasteiger charge is 2.50. The average molecular weight is 359 g/mol. The number of rotatable bonds is 6. The molecule has 2 fully saturated rings. The summed E-state index contributed by atoms with van der Waals surface area (Å²) in [7, 11) is 0. The van der Waals surface area contributed by atoms with Gasteiger partial charge in [0.15, 0.2) is 0 Å². The van der Waals surface area contributed by atoms with Crippen LogP contribution < -0.4 is 0 Å². The highest BCUT2D eigenvalue weighted by atomic mass is 14.5. The van der Waals surface area contributed by atoms with Crippen molar-refractivity contribution in [2.75, 3.05) is 0 Å². The van der Waals surface area contributed by atoms with Gasteiger partial charge in [-0.05, 0) is 80.5 Å². The van der Waals surface area contributed by atoms with E-state index in [1.807, 2.05) is 19.9 Å².